The lowest BCUT2D eigenvalue weighted by atomic mass is 10.3. The number of imidazole rings is 1. The van der Waals surface area contributed by atoms with E-state index in [4.69, 9.17) is 0 Å². The largest absolute Gasteiger partial charge is 0.348 e. The van der Waals surface area contributed by atoms with E-state index in [0.29, 0.717) is 0 Å². The number of rotatable bonds is 2. The minimum absolute atomic E-state index is 0.972. The van der Waals surface area contributed by atoms with Crippen molar-refractivity contribution in [2.45, 2.75) is 6.92 Å². The molecule has 0 bridgehead atoms. The molecule has 0 aromatic carbocycles. The summed E-state index contributed by atoms with van der Waals surface area (Å²) in [4.78, 5) is 7.04. The molecule has 0 spiro atoms. The first-order valence-electron chi connectivity index (χ1n) is 3.13. The van der Waals surface area contributed by atoms with Crippen molar-refractivity contribution in [3.05, 3.63) is 36.4 Å². The molecule has 0 fully saturated rings. The van der Waals surface area contributed by atoms with E-state index in [2.05, 4.69) is 16.5 Å². The topological polar surface area (TPSA) is 28.7 Å². The van der Waals surface area contributed by atoms with Gasteiger partial charge in [-0.3, -0.25) is 0 Å². The molecular formula is C8H10N2. The van der Waals surface area contributed by atoms with Crippen LogP contribution < -0.4 is 0 Å². The number of aromatic nitrogens is 2. The lowest BCUT2D eigenvalue weighted by Gasteiger charge is -1.84. The van der Waals surface area contributed by atoms with E-state index in [9.17, 15) is 0 Å². The molecule has 10 heavy (non-hydrogen) atoms. The number of aryl methyl sites for hydroxylation is 1. The van der Waals surface area contributed by atoms with Crippen molar-refractivity contribution in [2.24, 2.45) is 0 Å². The fraction of sp³-hybridized carbons (Fsp3) is 0.125. The first-order chi connectivity index (χ1) is 4.84. The van der Waals surface area contributed by atoms with Gasteiger partial charge in [0.15, 0.2) is 0 Å². The summed E-state index contributed by atoms with van der Waals surface area (Å²) in [7, 11) is 0. The minimum Gasteiger partial charge on any atom is -0.348 e. The third-order valence-electron chi connectivity index (χ3n) is 1.26. The molecule has 1 rings (SSSR count). The summed E-state index contributed by atoms with van der Waals surface area (Å²) in [6.45, 7) is 5.55. The van der Waals surface area contributed by atoms with Crippen molar-refractivity contribution < 1.29 is 0 Å². The fourth-order valence-electron chi connectivity index (χ4n) is 0.697. The number of nitrogens with one attached hydrogen (secondary N) is 1. The molecule has 0 aliphatic carbocycles. The first-order valence-corrected chi connectivity index (χ1v) is 3.13. The summed E-state index contributed by atoms with van der Waals surface area (Å²) in [5.74, 6) is 0. The lowest BCUT2D eigenvalue weighted by molar-refractivity contribution is 1.25. The van der Waals surface area contributed by atoms with E-state index in [1.807, 2.05) is 19.1 Å². The third kappa shape index (κ3) is 1.35. The highest BCUT2D eigenvalue weighted by atomic mass is 14.9. The quantitative estimate of drug-likeness (QED) is 0.615. The normalized spacial score (nSPS) is 10.5. The second kappa shape index (κ2) is 3.01. The van der Waals surface area contributed by atoms with Crippen LogP contribution in [-0.4, -0.2) is 9.97 Å². The number of H-pyrrole nitrogens is 1. The number of hydrogen-bond donors (Lipinski definition) is 1. The van der Waals surface area contributed by atoms with Gasteiger partial charge in [-0.2, -0.15) is 0 Å². The van der Waals surface area contributed by atoms with Crippen LogP contribution in [0.25, 0.3) is 6.08 Å². The van der Waals surface area contributed by atoms with E-state index >= 15 is 0 Å². The number of hydrogen-bond acceptors (Lipinski definition) is 1. The molecule has 2 nitrogen and oxygen atoms in total. The molecule has 0 unspecified atom stereocenters. The monoisotopic (exact) mass is 134 g/mol. The predicted molar refractivity (Wildman–Crippen MR) is 42.6 cm³/mol. The Morgan fingerprint density at radius 3 is 3.00 bits per heavy atom. The van der Waals surface area contributed by atoms with Gasteiger partial charge in [0, 0.05) is 5.69 Å². The lowest BCUT2D eigenvalue weighted by Crippen LogP contribution is -1.74. The molecule has 52 valence electrons. The third-order valence-corrected chi connectivity index (χ3v) is 1.26. The van der Waals surface area contributed by atoms with Gasteiger partial charge in [-0.25, -0.2) is 4.98 Å². The van der Waals surface area contributed by atoms with Gasteiger partial charge in [-0.05, 0) is 13.0 Å². The Bertz CT molecular complexity index is 246. The summed E-state index contributed by atoms with van der Waals surface area (Å²) < 4.78 is 0. The molecule has 0 amide bonds. The van der Waals surface area contributed by atoms with Crippen molar-refractivity contribution in [1.82, 2.24) is 9.97 Å². The highest BCUT2D eigenvalue weighted by Gasteiger charge is 1.91. The van der Waals surface area contributed by atoms with E-state index in [1.165, 1.54) is 0 Å². The zero-order valence-electron chi connectivity index (χ0n) is 5.96. The highest BCUT2D eigenvalue weighted by molar-refractivity contribution is 5.48. The molecular weight excluding hydrogens is 124 g/mol. The van der Waals surface area contributed by atoms with Crippen LogP contribution in [0.3, 0.4) is 0 Å². The zero-order valence-corrected chi connectivity index (χ0v) is 5.96. The SMILES string of the molecule is C=C/C=C\c1nc[nH]c1C. The summed E-state index contributed by atoms with van der Waals surface area (Å²) in [6.07, 6.45) is 7.19. The highest BCUT2D eigenvalue weighted by Crippen LogP contribution is 2.01. The molecule has 0 saturated carbocycles. The number of aromatic amines is 1. The second-order valence-electron chi connectivity index (χ2n) is 2.01. The molecule has 1 N–H and O–H groups in total. The van der Waals surface area contributed by atoms with Crippen LogP contribution >= 0.6 is 0 Å². The minimum atomic E-state index is 0.972. The molecule has 1 aromatic rings. The van der Waals surface area contributed by atoms with Gasteiger partial charge in [-0.1, -0.05) is 18.7 Å². The standard InChI is InChI=1S/C8H10N2/c1-3-4-5-8-7(2)9-6-10-8/h3-6H,1H2,2H3,(H,9,10)/b5-4-. The van der Waals surface area contributed by atoms with Gasteiger partial charge >= 0.3 is 0 Å². The van der Waals surface area contributed by atoms with E-state index in [-0.39, 0.29) is 0 Å². The molecule has 1 heterocycles. The smallest absolute Gasteiger partial charge is 0.0929 e. The summed E-state index contributed by atoms with van der Waals surface area (Å²) >= 11 is 0. The van der Waals surface area contributed by atoms with Crippen LogP contribution in [-0.2, 0) is 0 Å². The molecule has 1 aromatic heterocycles. The maximum absolute atomic E-state index is 4.06. The van der Waals surface area contributed by atoms with Gasteiger partial charge in [0.1, 0.15) is 0 Å². The Morgan fingerprint density at radius 1 is 1.70 bits per heavy atom. The fourth-order valence-corrected chi connectivity index (χ4v) is 0.697. The van der Waals surface area contributed by atoms with Crippen LogP contribution in [0.5, 0.6) is 0 Å². The Hall–Kier alpha value is -1.31. The summed E-state index contributed by atoms with van der Waals surface area (Å²) in [6, 6.07) is 0. The van der Waals surface area contributed by atoms with Gasteiger partial charge in [0.05, 0.1) is 12.0 Å². The first kappa shape index (κ1) is 6.81. The maximum atomic E-state index is 4.06. The van der Waals surface area contributed by atoms with Crippen molar-refractivity contribution in [3.8, 4) is 0 Å². The second-order valence-corrected chi connectivity index (χ2v) is 2.01. The van der Waals surface area contributed by atoms with Crippen molar-refractivity contribution >= 4 is 6.08 Å². The van der Waals surface area contributed by atoms with Gasteiger partial charge < -0.3 is 4.98 Å². The maximum Gasteiger partial charge on any atom is 0.0929 e. The van der Waals surface area contributed by atoms with Crippen LogP contribution in [0.2, 0.25) is 0 Å². The molecule has 0 atom stereocenters. The Kier molecular flexibility index (Phi) is 2.05. The van der Waals surface area contributed by atoms with Crippen LogP contribution in [0.1, 0.15) is 11.4 Å². The van der Waals surface area contributed by atoms with Crippen molar-refractivity contribution in [2.75, 3.05) is 0 Å². The van der Waals surface area contributed by atoms with E-state index in [1.54, 1.807) is 12.4 Å². The Balaban J connectivity index is 2.83. The van der Waals surface area contributed by atoms with Crippen molar-refractivity contribution in [3.63, 3.8) is 0 Å². The van der Waals surface area contributed by atoms with Crippen LogP contribution in [0.4, 0.5) is 0 Å². The van der Waals surface area contributed by atoms with E-state index < -0.39 is 0 Å². The van der Waals surface area contributed by atoms with Crippen molar-refractivity contribution in [1.29, 1.82) is 0 Å². The molecule has 0 aliphatic heterocycles. The Morgan fingerprint density at radius 2 is 2.50 bits per heavy atom. The summed E-state index contributed by atoms with van der Waals surface area (Å²) in [5.41, 5.74) is 2.05. The van der Waals surface area contributed by atoms with Crippen LogP contribution in [0, 0.1) is 6.92 Å². The van der Waals surface area contributed by atoms with Gasteiger partial charge in [-0.15, -0.1) is 0 Å². The number of nitrogens with zero attached hydrogens (tertiary/aromatic N) is 1. The molecule has 2 heteroatoms. The predicted octanol–water partition coefficient (Wildman–Crippen LogP) is 1.92. The van der Waals surface area contributed by atoms with E-state index in [0.717, 1.165) is 11.4 Å². The Labute approximate surface area is 60.3 Å². The molecule has 0 radical (unpaired) electrons. The average molecular weight is 134 g/mol. The molecule has 0 aliphatic rings. The summed E-state index contributed by atoms with van der Waals surface area (Å²) in [5, 5.41) is 0. The zero-order chi connectivity index (χ0) is 7.40. The average Bonchev–Trinajstić information content (AvgIpc) is 2.31. The van der Waals surface area contributed by atoms with Gasteiger partial charge in [0.25, 0.3) is 0 Å². The number of allylic oxidation sites excluding steroid dienone is 2. The van der Waals surface area contributed by atoms with Crippen LogP contribution in [0.15, 0.2) is 25.1 Å². The van der Waals surface area contributed by atoms with Gasteiger partial charge in [0.2, 0.25) is 0 Å². The molecule has 0 saturated heterocycles.